The molecule has 2 heterocycles. The smallest absolute Gasteiger partial charge is 0.289 e. The average Bonchev–Trinajstić information content (AvgIpc) is 3.15. The van der Waals surface area contributed by atoms with Gasteiger partial charge in [-0.3, -0.25) is 4.79 Å². The molecule has 2 fully saturated rings. The first-order valence-corrected chi connectivity index (χ1v) is 14.1. The Morgan fingerprint density at radius 1 is 1.13 bits per heavy atom. The third-order valence-electron chi connectivity index (χ3n) is 6.70. The van der Waals surface area contributed by atoms with E-state index in [0.717, 1.165) is 22.3 Å². The molecule has 1 aliphatic heterocycles. The van der Waals surface area contributed by atoms with Crippen LogP contribution in [0, 0.1) is 0 Å². The number of sulfonamides is 1. The molecule has 0 unspecified atom stereocenters. The molecule has 4 rings (SSSR count). The highest BCUT2D eigenvalue weighted by Gasteiger charge is 2.32. The van der Waals surface area contributed by atoms with Crippen LogP contribution in [-0.4, -0.2) is 61.2 Å². The lowest BCUT2D eigenvalue weighted by Gasteiger charge is -2.35. The summed E-state index contributed by atoms with van der Waals surface area (Å²) in [7, 11) is -1.60. The fourth-order valence-electron chi connectivity index (χ4n) is 4.69. The summed E-state index contributed by atoms with van der Waals surface area (Å²) in [5.41, 5.74) is 1.77. The Morgan fingerprint density at radius 2 is 1.81 bits per heavy atom. The van der Waals surface area contributed by atoms with Crippen molar-refractivity contribution in [2.24, 2.45) is 0 Å². The summed E-state index contributed by atoms with van der Waals surface area (Å²) in [6.45, 7) is 1.07. The van der Waals surface area contributed by atoms with E-state index in [4.69, 9.17) is 4.42 Å². The number of benzene rings is 1. The predicted octanol–water partition coefficient (Wildman–Crippen LogP) is 4.49. The largest absolute Gasteiger partial charge is 0.451 e. The molecule has 0 bridgehead atoms. The Hall–Kier alpha value is -1.51. The van der Waals surface area contributed by atoms with Gasteiger partial charge >= 0.3 is 0 Å². The highest BCUT2D eigenvalue weighted by molar-refractivity contribution is 7.99. The van der Waals surface area contributed by atoms with Crippen molar-refractivity contribution in [3.63, 3.8) is 0 Å². The molecule has 0 spiro atoms. The number of carbonyl (C=O) groups excluding carboxylic acids is 1. The van der Waals surface area contributed by atoms with Crippen molar-refractivity contribution in [2.45, 2.75) is 62.0 Å². The minimum atomic E-state index is -3.23. The molecule has 1 amide bonds. The zero-order valence-corrected chi connectivity index (χ0v) is 20.0. The van der Waals surface area contributed by atoms with E-state index in [1.165, 1.54) is 42.7 Å². The maximum atomic E-state index is 13.4. The van der Waals surface area contributed by atoms with Gasteiger partial charge in [0, 0.05) is 48.1 Å². The minimum Gasteiger partial charge on any atom is -0.451 e. The van der Waals surface area contributed by atoms with Gasteiger partial charge in [-0.15, -0.1) is 0 Å². The number of carbonyl (C=O) groups is 1. The normalized spacial score (nSPS) is 19.4. The lowest BCUT2D eigenvalue weighted by molar-refractivity contribution is 0.0655. The number of rotatable bonds is 6. The fourth-order valence-corrected chi connectivity index (χ4v) is 6.80. The average molecular weight is 465 g/mol. The second-order valence-electron chi connectivity index (χ2n) is 8.78. The summed E-state index contributed by atoms with van der Waals surface area (Å²) in [6.07, 6.45) is 8.95. The van der Waals surface area contributed by atoms with Gasteiger partial charge in [-0.1, -0.05) is 37.5 Å². The zero-order chi connectivity index (χ0) is 22.0. The third-order valence-corrected chi connectivity index (χ3v) is 9.44. The van der Waals surface area contributed by atoms with Crippen LogP contribution in [0.5, 0.6) is 0 Å². The molecule has 2 aromatic rings. The van der Waals surface area contributed by atoms with E-state index in [0.29, 0.717) is 36.9 Å². The van der Waals surface area contributed by atoms with Gasteiger partial charge in [0.2, 0.25) is 10.0 Å². The molecule has 31 heavy (non-hydrogen) atoms. The summed E-state index contributed by atoms with van der Waals surface area (Å²) >= 11 is 1.95. The molecule has 8 heteroatoms. The topological polar surface area (TPSA) is 70.8 Å². The van der Waals surface area contributed by atoms with E-state index >= 15 is 0 Å². The molecule has 1 aromatic heterocycles. The number of para-hydroxylation sites is 1. The van der Waals surface area contributed by atoms with E-state index in [2.05, 4.69) is 0 Å². The van der Waals surface area contributed by atoms with Crippen molar-refractivity contribution in [1.29, 1.82) is 0 Å². The van der Waals surface area contributed by atoms with Gasteiger partial charge in [0.05, 0.1) is 6.26 Å². The molecule has 0 atom stereocenters. The monoisotopic (exact) mass is 464 g/mol. The van der Waals surface area contributed by atoms with Crippen LogP contribution in [0.1, 0.15) is 61.1 Å². The quantitative estimate of drug-likeness (QED) is 0.630. The van der Waals surface area contributed by atoms with Gasteiger partial charge in [-0.25, -0.2) is 12.7 Å². The molecule has 6 nitrogen and oxygen atoms in total. The second-order valence-corrected chi connectivity index (χ2v) is 12.1. The number of likely N-dealkylation sites (tertiary alicyclic amines) is 1. The molecule has 1 aliphatic carbocycles. The number of amides is 1. The second kappa shape index (κ2) is 9.55. The van der Waals surface area contributed by atoms with Crippen molar-refractivity contribution in [2.75, 3.05) is 26.4 Å². The molecular weight excluding hydrogens is 432 g/mol. The molecule has 1 saturated carbocycles. The first kappa shape index (κ1) is 22.7. The first-order valence-electron chi connectivity index (χ1n) is 11.2. The van der Waals surface area contributed by atoms with Crippen LogP contribution in [-0.2, 0) is 15.8 Å². The number of piperidine rings is 1. The summed E-state index contributed by atoms with van der Waals surface area (Å²) in [4.78, 5) is 15.2. The van der Waals surface area contributed by atoms with Crippen molar-refractivity contribution in [1.82, 2.24) is 9.21 Å². The van der Waals surface area contributed by atoms with Crippen LogP contribution >= 0.6 is 11.8 Å². The molecular formula is C23H32N2O4S2. The van der Waals surface area contributed by atoms with E-state index in [9.17, 15) is 13.2 Å². The Bertz CT molecular complexity index is 1020. The molecule has 0 N–H and O–H groups in total. The van der Waals surface area contributed by atoms with Gasteiger partial charge < -0.3 is 9.32 Å². The maximum absolute atomic E-state index is 13.4. The number of furan rings is 1. The van der Waals surface area contributed by atoms with E-state index < -0.39 is 10.0 Å². The summed E-state index contributed by atoms with van der Waals surface area (Å²) in [5.74, 6) is 1.17. The fraction of sp³-hybridized carbons (Fsp3) is 0.609. The SMILES string of the molecule is CN(C1CCN(C(=O)c2oc3ccccc3c2CSC2CCCCC2)CC1)S(C)(=O)=O. The molecule has 1 saturated heterocycles. The lowest BCUT2D eigenvalue weighted by atomic mass is 10.0. The summed E-state index contributed by atoms with van der Waals surface area (Å²) < 4.78 is 31.2. The van der Waals surface area contributed by atoms with Gasteiger partial charge in [-0.2, -0.15) is 11.8 Å². The highest BCUT2D eigenvalue weighted by Crippen LogP contribution is 2.35. The maximum Gasteiger partial charge on any atom is 0.289 e. The van der Waals surface area contributed by atoms with Crippen LogP contribution in [0.15, 0.2) is 28.7 Å². The van der Waals surface area contributed by atoms with Crippen molar-refractivity contribution >= 4 is 38.7 Å². The number of thioether (sulfide) groups is 1. The minimum absolute atomic E-state index is 0.0592. The van der Waals surface area contributed by atoms with Gasteiger partial charge in [0.15, 0.2) is 5.76 Å². The Kier molecular flexibility index (Phi) is 6.98. The standard InChI is InChI=1S/C23H32N2O4S2/c1-24(31(2,27)28)17-12-14-25(15-13-17)23(26)22-20(16-30-18-8-4-3-5-9-18)19-10-6-7-11-21(19)29-22/h6-7,10-11,17-18H,3-5,8-9,12-16H2,1-2H3. The molecule has 170 valence electrons. The van der Waals surface area contributed by atoms with E-state index in [1.54, 1.807) is 7.05 Å². The van der Waals surface area contributed by atoms with Crippen LogP contribution in [0.2, 0.25) is 0 Å². The Labute approximate surface area is 189 Å². The van der Waals surface area contributed by atoms with Crippen molar-refractivity contribution in [3.8, 4) is 0 Å². The number of nitrogens with zero attached hydrogens (tertiary/aromatic N) is 2. The Balaban J connectivity index is 1.50. The zero-order valence-electron chi connectivity index (χ0n) is 18.4. The number of hydrogen-bond donors (Lipinski definition) is 0. The van der Waals surface area contributed by atoms with Gasteiger partial charge in [0.25, 0.3) is 5.91 Å². The first-order chi connectivity index (χ1) is 14.8. The summed E-state index contributed by atoms with van der Waals surface area (Å²) in [5, 5.41) is 1.69. The third kappa shape index (κ3) is 5.12. The van der Waals surface area contributed by atoms with Gasteiger partial charge in [0.1, 0.15) is 5.58 Å². The highest BCUT2D eigenvalue weighted by atomic mass is 32.2. The molecule has 2 aliphatic rings. The van der Waals surface area contributed by atoms with Crippen molar-refractivity contribution < 1.29 is 17.6 Å². The Morgan fingerprint density at radius 3 is 2.48 bits per heavy atom. The molecule has 0 radical (unpaired) electrons. The van der Waals surface area contributed by atoms with E-state index in [1.807, 2.05) is 40.9 Å². The molecule has 1 aromatic carbocycles. The summed E-state index contributed by atoms with van der Waals surface area (Å²) in [6, 6.07) is 7.84. The van der Waals surface area contributed by atoms with E-state index in [-0.39, 0.29) is 11.9 Å². The number of fused-ring (bicyclic) bond motifs is 1. The van der Waals surface area contributed by atoms with Crippen LogP contribution < -0.4 is 0 Å². The number of hydrogen-bond acceptors (Lipinski definition) is 5. The van der Waals surface area contributed by atoms with Crippen molar-refractivity contribution in [3.05, 3.63) is 35.6 Å². The van der Waals surface area contributed by atoms with Crippen LogP contribution in [0.25, 0.3) is 11.0 Å². The van der Waals surface area contributed by atoms with Gasteiger partial charge in [-0.05, 0) is 31.7 Å². The van der Waals surface area contributed by atoms with Crippen LogP contribution in [0.3, 0.4) is 0 Å². The lowest BCUT2D eigenvalue weighted by Crippen LogP contribution is -2.47. The predicted molar refractivity (Wildman–Crippen MR) is 126 cm³/mol. The van der Waals surface area contributed by atoms with Crippen LogP contribution in [0.4, 0.5) is 0 Å².